The van der Waals surface area contributed by atoms with Crippen LogP contribution in [0, 0.1) is 0 Å². The van der Waals surface area contributed by atoms with E-state index < -0.39 is 0 Å². The van der Waals surface area contributed by atoms with Gasteiger partial charge in [-0.05, 0) is 30.5 Å². The van der Waals surface area contributed by atoms with Gasteiger partial charge in [-0.2, -0.15) is 0 Å². The van der Waals surface area contributed by atoms with E-state index >= 15 is 0 Å². The molecular weight excluding hydrogens is 200 g/mol. The van der Waals surface area contributed by atoms with Crippen LogP contribution in [-0.4, -0.2) is 20.0 Å². The number of anilines is 2. The van der Waals surface area contributed by atoms with Crippen LogP contribution in [0.1, 0.15) is 32.3 Å². The molecule has 1 amide bonds. The highest BCUT2D eigenvalue weighted by Gasteiger charge is 2.09. The third-order valence-electron chi connectivity index (χ3n) is 2.73. The Labute approximate surface area is 97.5 Å². The molecule has 0 unspecified atom stereocenters. The maximum Gasteiger partial charge on any atom is 0.214 e. The molecule has 88 valence electrons. The zero-order valence-corrected chi connectivity index (χ0v) is 10.4. The molecule has 3 heteroatoms. The van der Waals surface area contributed by atoms with Crippen LogP contribution >= 0.6 is 0 Å². The van der Waals surface area contributed by atoms with Gasteiger partial charge in [0.05, 0.1) is 11.4 Å². The third-order valence-corrected chi connectivity index (χ3v) is 2.73. The van der Waals surface area contributed by atoms with Crippen LogP contribution < -0.4 is 10.2 Å². The highest BCUT2D eigenvalue weighted by atomic mass is 16.1. The molecule has 1 aromatic carbocycles. The first-order valence-electron chi connectivity index (χ1n) is 5.67. The zero-order chi connectivity index (χ0) is 12.1. The molecule has 0 aliphatic heterocycles. The summed E-state index contributed by atoms with van der Waals surface area (Å²) in [4.78, 5) is 12.6. The minimum absolute atomic E-state index is 0.493. The average Bonchev–Trinajstić information content (AvgIpc) is 2.30. The quantitative estimate of drug-likeness (QED) is 0.774. The molecule has 0 heterocycles. The molecular formula is C13H20N2O. The first kappa shape index (κ1) is 12.6. The Morgan fingerprint density at radius 2 is 2.12 bits per heavy atom. The van der Waals surface area contributed by atoms with Crippen molar-refractivity contribution in [2.45, 2.75) is 26.7 Å². The van der Waals surface area contributed by atoms with Gasteiger partial charge in [0.2, 0.25) is 6.41 Å². The summed E-state index contributed by atoms with van der Waals surface area (Å²) < 4.78 is 0. The predicted octanol–water partition coefficient (Wildman–Crippen LogP) is 2.83. The van der Waals surface area contributed by atoms with Crippen molar-refractivity contribution in [2.24, 2.45) is 0 Å². The van der Waals surface area contributed by atoms with Crippen molar-refractivity contribution < 1.29 is 4.79 Å². The molecule has 16 heavy (non-hydrogen) atoms. The Kier molecular flexibility index (Phi) is 4.35. The van der Waals surface area contributed by atoms with Gasteiger partial charge >= 0.3 is 0 Å². The molecule has 3 nitrogen and oxygen atoms in total. The largest absolute Gasteiger partial charge is 0.386 e. The van der Waals surface area contributed by atoms with Gasteiger partial charge in [0.1, 0.15) is 0 Å². The summed E-state index contributed by atoms with van der Waals surface area (Å²) in [6, 6.07) is 6.18. The van der Waals surface area contributed by atoms with Crippen molar-refractivity contribution in [3.63, 3.8) is 0 Å². The summed E-state index contributed by atoms with van der Waals surface area (Å²) in [5.74, 6) is 0.493. The van der Waals surface area contributed by atoms with Crippen molar-refractivity contribution in [3.8, 4) is 0 Å². The Bertz CT molecular complexity index is 361. The molecule has 0 aliphatic rings. The lowest BCUT2D eigenvalue weighted by atomic mass is 10.0. The number of hydrogen-bond acceptors (Lipinski definition) is 2. The van der Waals surface area contributed by atoms with E-state index in [1.165, 1.54) is 5.56 Å². The number of nitrogens with zero attached hydrogens (tertiary/aromatic N) is 1. The second kappa shape index (κ2) is 5.54. The van der Waals surface area contributed by atoms with Crippen molar-refractivity contribution in [3.05, 3.63) is 23.8 Å². The van der Waals surface area contributed by atoms with Gasteiger partial charge < -0.3 is 10.2 Å². The second-order valence-electron chi connectivity index (χ2n) is 4.07. The van der Waals surface area contributed by atoms with E-state index in [-0.39, 0.29) is 0 Å². The van der Waals surface area contributed by atoms with Gasteiger partial charge in [0.25, 0.3) is 0 Å². The summed E-state index contributed by atoms with van der Waals surface area (Å²) in [6.07, 6.45) is 0.866. The van der Waals surface area contributed by atoms with E-state index in [4.69, 9.17) is 0 Å². The summed E-state index contributed by atoms with van der Waals surface area (Å²) in [7, 11) is 1.88. The number of rotatable bonds is 5. The van der Waals surface area contributed by atoms with Crippen molar-refractivity contribution >= 4 is 17.8 Å². The molecule has 0 saturated carbocycles. The number of benzene rings is 1. The Balaban J connectivity index is 3.15. The van der Waals surface area contributed by atoms with Gasteiger partial charge in [0.15, 0.2) is 0 Å². The molecule has 0 fully saturated rings. The third kappa shape index (κ3) is 2.54. The van der Waals surface area contributed by atoms with Gasteiger partial charge in [-0.1, -0.05) is 19.9 Å². The van der Waals surface area contributed by atoms with Gasteiger partial charge in [-0.25, -0.2) is 0 Å². The lowest BCUT2D eigenvalue weighted by Crippen LogP contribution is -2.21. The number of amides is 1. The van der Waals surface area contributed by atoms with Gasteiger partial charge in [0, 0.05) is 13.6 Å². The minimum atomic E-state index is 0.493. The van der Waals surface area contributed by atoms with E-state index in [2.05, 4.69) is 31.3 Å². The summed E-state index contributed by atoms with van der Waals surface area (Å²) >= 11 is 0. The van der Waals surface area contributed by atoms with Crippen LogP contribution in [0.5, 0.6) is 0 Å². The minimum Gasteiger partial charge on any atom is -0.386 e. The maximum absolute atomic E-state index is 10.9. The Morgan fingerprint density at radius 3 is 2.56 bits per heavy atom. The van der Waals surface area contributed by atoms with Crippen LogP contribution in [0.15, 0.2) is 18.2 Å². The Morgan fingerprint density at radius 1 is 1.44 bits per heavy atom. The van der Waals surface area contributed by atoms with Gasteiger partial charge in [-0.15, -0.1) is 0 Å². The van der Waals surface area contributed by atoms with E-state index in [1.54, 1.807) is 4.90 Å². The fourth-order valence-corrected chi connectivity index (χ4v) is 1.67. The normalized spacial score (nSPS) is 10.3. The highest BCUT2D eigenvalue weighted by Crippen LogP contribution is 2.28. The number of hydrogen-bond donors (Lipinski definition) is 1. The molecule has 0 saturated heterocycles. The second-order valence-corrected chi connectivity index (χ2v) is 4.07. The molecule has 0 bridgehead atoms. The topological polar surface area (TPSA) is 32.3 Å². The molecule has 0 aliphatic carbocycles. The molecule has 0 spiro atoms. The van der Waals surface area contributed by atoms with E-state index in [0.717, 1.165) is 17.8 Å². The van der Waals surface area contributed by atoms with E-state index in [0.29, 0.717) is 12.5 Å². The van der Waals surface area contributed by atoms with Gasteiger partial charge in [-0.3, -0.25) is 4.79 Å². The Hall–Kier alpha value is -1.51. The average molecular weight is 220 g/mol. The van der Waals surface area contributed by atoms with E-state index in [1.807, 2.05) is 20.0 Å². The zero-order valence-electron chi connectivity index (χ0n) is 10.4. The van der Waals surface area contributed by atoms with Crippen molar-refractivity contribution in [2.75, 3.05) is 23.8 Å². The number of carbonyl (C=O) groups excluding carboxylic acids is 1. The first-order chi connectivity index (χ1) is 7.63. The molecule has 0 atom stereocenters. The monoisotopic (exact) mass is 220 g/mol. The number of carbonyl (C=O) groups is 1. The SMILES string of the molecule is CCN(C=O)c1ccc(C(C)C)cc1NC. The predicted molar refractivity (Wildman–Crippen MR) is 69.2 cm³/mol. The summed E-state index contributed by atoms with van der Waals surface area (Å²) in [5.41, 5.74) is 3.21. The van der Waals surface area contributed by atoms with Crippen molar-refractivity contribution in [1.82, 2.24) is 0 Å². The fourth-order valence-electron chi connectivity index (χ4n) is 1.67. The first-order valence-corrected chi connectivity index (χ1v) is 5.67. The fraction of sp³-hybridized carbons (Fsp3) is 0.462. The van der Waals surface area contributed by atoms with E-state index in [9.17, 15) is 4.79 Å². The van der Waals surface area contributed by atoms with Crippen LogP contribution in [-0.2, 0) is 4.79 Å². The standard InChI is InChI=1S/C13H20N2O/c1-5-15(9-16)13-7-6-11(10(2)3)8-12(13)14-4/h6-10,14H,5H2,1-4H3. The summed E-state index contributed by atoms with van der Waals surface area (Å²) in [6.45, 7) is 6.96. The molecule has 0 radical (unpaired) electrons. The van der Waals surface area contributed by atoms with Crippen LogP contribution in [0.25, 0.3) is 0 Å². The highest BCUT2D eigenvalue weighted by molar-refractivity contribution is 5.83. The van der Waals surface area contributed by atoms with Crippen LogP contribution in [0.3, 0.4) is 0 Å². The smallest absolute Gasteiger partial charge is 0.214 e. The molecule has 0 aromatic heterocycles. The van der Waals surface area contributed by atoms with Crippen LogP contribution in [0.2, 0.25) is 0 Å². The molecule has 1 rings (SSSR count). The molecule has 1 N–H and O–H groups in total. The summed E-state index contributed by atoms with van der Waals surface area (Å²) in [5, 5.41) is 3.14. The maximum atomic E-state index is 10.9. The lowest BCUT2D eigenvalue weighted by molar-refractivity contribution is -0.107. The molecule has 1 aromatic rings. The van der Waals surface area contributed by atoms with Crippen LogP contribution in [0.4, 0.5) is 11.4 Å². The lowest BCUT2D eigenvalue weighted by Gasteiger charge is -2.20. The number of nitrogens with one attached hydrogen (secondary N) is 1. The van der Waals surface area contributed by atoms with Crippen molar-refractivity contribution in [1.29, 1.82) is 0 Å².